The third-order valence-electron chi connectivity index (χ3n) is 4.42. The summed E-state index contributed by atoms with van der Waals surface area (Å²) in [6.45, 7) is 0. The molecule has 4 rings (SSSR count). The van der Waals surface area contributed by atoms with Crippen LogP contribution in [-0.2, 0) is 4.79 Å². The molecule has 1 saturated heterocycles. The average Bonchev–Trinajstić information content (AvgIpc) is 3.05. The molecule has 8 heteroatoms. The molecule has 1 amide bonds. The third kappa shape index (κ3) is 4.99. The molecule has 0 N–H and O–H groups in total. The Balaban J connectivity index is 1.75. The van der Waals surface area contributed by atoms with E-state index in [1.807, 2.05) is 36.4 Å². The van der Waals surface area contributed by atoms with Gasteiger partial charge in [0.2, 0.25) is 0 Å². The molecule has 3 aromatic carbocycles. The number of amides is 1. The number of hydrogen-bond acceptors (Lipinski definition) is 4. The number of benzene rings is 3. The van der Waals surface area contributed by atoms with E-state index in [0.29, 0.717) is 31.5 Å². The second-order valence-corrected chi connectivity index (χ2v) is 9.23. The summed E-state index contributed by atoms with van der Waals surface area (Å²) >= 11 is 16.8. The van der Waals surface area contributed by atoms with Crippen molar-refractivity contribution >= 4 is 79.4 Å². The number of anilines is 1. The van der Waals surface area contributed by atoms with Crippen molar-refractivity contribution in [2.24, 2.45) is 4.99 Å². The fourth-order valence-electron chi connectivity index (χ4n) is 2.92. The van der Waals surface area contributed by atoms with E-state index in [2.05, 4.69) is 20.9 Å². The lowest BCUT2D eigenvalue weighted by Gasteiger charge is -2.15. The summed E-state index contributed by atoms with van der Waals surface area (Å²) in [5.74, 6) is 0.562. The van der Waals surface area contributed by atoms with E-state index in [9.17, 15) is 4.79 Å². The van der Waals surface area contributed by atoms with E-state index < -0.39 is 0 Å². The number of carbonyl (C=O) groups excluding carboxylic acids is 1. The van der Waals surface area contributed by atoms with Crippen LogP contribution in [0.4, 0.5) is 11.4 Å². The number of ether oxygens (including phenoxy) is 1. The van der Waals surface area contributed by atoms with Crippen LogP contribution in [0.25, 0.3) is 6.08 Å². The number of halogens is 3. The quantitative estimate of drug-likeness (QED) is 0.325. The van der Waals surface area contributed by atoms with E-state index in [0.717, 1.165) is 15.8 Å². The summed E-state index contributed by atoms with van der Waals surface area (Å²) in [4.78, 5) is 20.2. The van der Waals surface area contributed by atoms with Crippen molar-refractivity contribution in [2.75, 3.05) is 12.0 Å². The molecule has 0 saturated carbocycles. The Morgan fingerprint density at radius 2 is 1.65 bits per heavy atom. The number of nitrogens with zero attached hydrogens (tertiary/aromatic N) is 2. The minimum atomic E-state index is -0.160. The maximum atomic E-state index is 13.3. The van der Waals surface area contributed by atoms with Crippen LogP contribution in [0, 0.1) is 0 Å². The number of thioether (sulfide) groups is 1. The fourth-order valence-corrected chi connectivity index (χ4v) is 4.73. The van der Waals surface area contributed by atoms with E-state index in [1.54, 1.807) is 48.4 Å². The molecule has 0 bridgehead atoms. The molecule has 0 unspecified atom stereocenters. The van der Waals surface area contributed by atoms with Crippen LogP contribution in [0.2, 0.25) is 10.0 Å². The summed E-state index contributed by atoms with van der Waals surface area (Å²) in [6, 6.07) is 19.9. The van der Waals surface area contributed by atoms with Gasteiger partial charge in [-0.3, -0.25) is 9.69 Å². The van der Waals surface area contributed by atoms with Crippen LogP contribution in [0.3, 0.4) is 0 Å². The van der Waals surface area contributed by atoms with Crippen LogP contribution in [0.15, 0.2) is 81.1 Å². The van der Waals surface area contributed by atoms with Crippen LogP contribution in [0.1, 0.15) is 5.56 Å². The second kappa shape index (κ2) is 9.49. The van der Waals surface area contributed by atoms with Gasteiger partial charge in [-0.1, -0.05) is 29.3 Å². The standard InChI is InChI=1S/C23H15BrCl2N2O2S/c1-30-20-11-2-14(12-19(20)24)13-21-22(29)28(18-9-5-16(26)6-10-18)23(31-21)27-17-7-3-15(25)4-8-17/h2-13H,1H3/b21-13-,27-23?. The van der Waals surface area contributed by atoms with Gasteiger partial charge in [-0.05, 0) is 100.0 Å². The highest BCUT2D eigenvalue weighted by Gasteiger charge is 2.34. The maximum absolute atomic E-state index is 13.3. The third-order valence-corrected chi connectivity index (χ3v) is 6.51. The minimum Gasteiger partial charge on any atom is -0.496 e. The SMILES string of the molecule is COc1ccc(/C=C2\SC(=Nc3ccc(Cl)cc3)N(c3ccc(Cl)cc3)C2=O)cc1Br. The van der Waals surface area contributed by atoms with E-state index in [4.69, 9.17) is 27.9 Å². The number of hydrogen-bond donors (Lipinski definition) is 0. The van der Waals surface area contributed by atoms with Crippen LogP contribution in [0.5, 0.6) is 5.75 Å². The van der Waals surface area contributed by atoms with Gasteiger partial charge in [0.15, 0.2) is 5.17 Å². The number of amidine groups is 1. The normalized spacial score (nSPS) is 16.4. The molecule has 1 aliphatic heterocycles. The van der Waals surface area contributed by atoms with Crippen molar-refractivity contribution in [3.63, 3.8) is 0 Å². The van der Waals surface area contributed by atoms with Crippen molar-refractivity contribution in [1.82, 2.24) is 0 Å². The first-order valence-corrected chi connectivity index (χ1v) is 11.5. The smallest absolute Gasteiger partial charge is 0.271 e. The lowest BCUT2D eigenvalue weighted by Crippen LogP contribution is -2.28. The molecule has 156 valence electrons. The molecular formula is C23H15BrCl2N2O2S. The van der Waals surface area contributed by atoms with Crippen molar-refractivity contribution in [1.29, 1.82) is 0 Å². The summed E-state index contributed by atoms with van der Waals surface area (Å²) in [5, 5.41) is 1.77. The Morgan fingerprint density at radius 1 is 1.00 bits per heavy atom. The fraction of sp³-hybridized carbons (Fsp3) is 0.0435. The molecule has 3 aromatic rings. The first-order chi connectivity index (χ1) is 14.9. The summed E-state index contributed by atoms with van der Waals surface area (Å²) in [7, 11) is 1.61. The molecule has 1 heterocycles. The topological polar surface area (TPSA) is 41.9 Å². The molecule has 4 nitrogen and oxygen atoms in total. The average molecular weight is 534 g/mol. The highest BCUT2D eigenvalue weighted by atomic mass is 79.9. The molecule has 0 radical (unpaired) electrons. The molecule has 1 fully saturated rings. The van der Waals surface area contributed by atoms with E-state index >= 15 is 0 Å². The number of aliphatic imine (C=N–C) groups is 1. The minimum absolute atomic E-state index is 0.160. The van der Waals surface area contributed by atoms with Gasteiger partial charge in [0.05, 0.1) is 27.9 Å². The zero-order valence-corrected chi connectivity index (χ0v) is 20.1. The second-order valence-electron chi connectivity index (χ2n) is 6.49. The van der Waals surface area contributed by atoms with Gasteiger partial charge >= 0.3 is 0 Å². The first-order valence-electron chi connectivity index (χ1n) is 9.12. The van der Waals surface area contributed by atoms with Gasteiger partial charge in [-0.25, -0.2) is 4.99 Å². The van der Waals surface area contributed by atoms with Crippen molar-refractivity contribution < 1.29 is 9.53 Å². The maximum Gasteiger partial charge on any atom is 0.271 e. The summed E-state index contributed by atoms with van der Waals surface area (Å²) in [6.07, 6.45) is 1.84. The van der Waals surface area contributed by atoms with E-state index in [-0.39, 0.29) is 5.91 Å². The Hall–Kier alpha value is -2.25. The van der Waals surface area contributed by atoms with Crippen molar-refractivity contribution in [3.05, 3.63) is 91.7 Å². The number of rotatable bonds is 4. The zero-order chi connectivity index (χ0) is 22.0. The van der Waals surface area contributed by atoms with Gasteiger partial charge in [0.25, 0.3) is 5.91 Å². The highest BCUT2D eigenvalue weighted by molar-refractivity contribution is 9.10. The number of carbonyl (C=O) groups is 1. The largest absolute Gasteiger partial charge is 0.496 e. The van der Waals surface area contributed by atoms with Gasteiger partial charge in [-0.15, -0.1) is 0 Å². The monoisotopic (exact) mass is 532 g/mol. The summed E-state index contributed by atoms with van der Waals surface area (Å²) < 4.78 is 6.09. The molecule has 0 atom stereocenters. The van der Waals surface area contributed by atoms with Gasteiger partial charge in [0.1, 0.15) is 5.75 Å². The van der Waals surface area contributed by atoms with Crippen molar-refractivity contribution in [3.8, 4) is 5.75 Å². The predicted molar refractivity (Wildman–Crippen MR) is 134 cm³/mol. The lowest BCUT2D eigenvalue weighted by atomic mass is 10.2. The first kappa shape index (κ1) is 22.0. The van der Waals surface area contributed by atoms with Crippen molar-refractivity contribution in [2.45, 2.75) is 0 Å². The Bertz CT molecular complexity index is 1200. The molecule has 0 aliphatic carbocycles. The van der Waals surface area contributed by atoms with Gasteiger partial charge in [0, 0.05) is 10.0 Å². The van der Waals surface area contributed by atoms with Crippen LogP contribution >= 0.6 is 50.9 Å². The van der Waals surface area contributed by atoms with Crippen LogP contribution < -0.4 is 9.64 Å². The summed E-state index contributed by atoms with van der Waals surface area (Å²) in [5.41, 5.74) is 2.26. The van der Waals surface area contributed by atoms with E-state index in [1.165, 1.54) is 11.8 Å². The number of methoxy groups -OCH3 is 1. The zero-order valence-electron chi connectivity index (χ0n) is 16.2. The molecule has 31 heavy (non-hydrogen) atoms. The predicted octanol–water partition coefficient (Wildman–Crippen LogP) is 7.57. The Labute approximate surface area is 202 Å². The lowest BCUT2D eigenvalue weighted by molar-refractivity contribution is -0.113. The van der Waals surface area contributed by atoms with Crippen LogP contribution in [-0.4, -0.2) is 18.2 Å². The molecule has 0 spiro atoms. The molecular weight excluding hydrogens is 519 g/mol. The highest BCUT2D eigenvalue weighted by Crippen LogP contribution is 2.38. The van der Waals surface area contributed by atoms with Gasteiger partial charge < -0.3 is 4.74 Å². The molecule has 0 aromatic heterocycles. The molecule has 1 aliphatic rings. The van der Waals surface area contributed by atoms with Gasteiger partial charge in [-0.2, -0.15) is 0 Å². The Kier molecular flexibility index (Phi) is 6.72. The Morgan fingerprint density at radius 3 is 2.26 bits per heavy atom.